The van der Waals surface area contributed by atoms with Gasteiger partial charge in [-0.1, -0.05) is 12.1 Å². The highest BCUT2D eigenvalue weighted by molar-refractivity contribution is 7.80. The Kier molecular flexibility index (Phi) is 6.69. The van der Waals surface area contributed by atoms with Gasteiger partial charge in [-0.25, -0.2) is 4.79 Å². The summed E-state index contributed by atoms with van der Waals surface area (Å²) in [6.07, 6.45) is 3.77. The lowest BCUT2D eigenvalue weighted by molar-refractivity contribution is 0.0600. The second kappa shape index (κ2) is 10.2. The SMILES string of the molecule is CCOc1ccc(N2C(=S)N[C@@H](c3ccccn3)[C@@H]2c2cccn2-c2cccc(C(=O)OC)c2)cc1. The average Bonchev–Trinajstić information content (AvgIpc) is 3.54. The summed E-state index contributed by atoms with van der Waals surface area (Å²) in [5.74, 6) is 0.428. The fraction of sp³-hybridized carbons (Fsp3) is 0.179. The van der Waals surface area contributed by atoms with E-state index in [0.717, 1.165) is 28.5 Å². The Balaban J connectivity index is 1.62. The summed E-state index contributed by atoms with van der Waals surface area (Å²) in [6, 6.07) is 24.9. The van der Waals surface area contributed by atoms with Crippen LogP contribution in [0.5, 0.6) is 5.75 Å². The van der Waals surface area contributed by atoms with Crippen molar-refractivity contribution < 1.29 is 14.3 Å². The van der Waals surface area contributed by atoms with E-state index in [2.05, 4.69) is 25.8 Å². The van der Waals surface area contributed by atoms with Gasteiger partial charge in [0.2, 0.25) is 0 Å². The molecule has 8 heteroatoms. The number of thiocarbonyl (C=S) groups is 1. The molecule has 2 aromatic carbocycles. The number of hydrogen-bond donors (Lipinski definition) is 1. The van der Waals surface area contributed by atoms with Crippen molar-refractivity contribution >= 4 is 29.0 Å². The normalized spacial score (nSPS) is 17.1. The van der Waals surface area contributed by atoms with E-state index in [1.165, 1.54) is 7.11 Å². The van der Waals surface area contributed by atoms with Gasteiger partial charge in [-0.2, -0.15) is 0 Å². The van der Waals surface area contributed by atoms with Crippen molar-refractivity contribution in [1.82, 2.24) is 14.9 Å². The van der Waals surface area contributed by atoms with Crippen LogP contribution in [0.4, 0.5) is 5.69 Å². The topological polar surface area (TPSA) is 68.6 Å². The highest BCUT2D eigenvalue weighted by Crippen LogP contribution is 2.42. The van der Waals surface area contributed by atoms with Crippen LogP contribution in [0.1, 0.15) is 40.8 Å². The molecule has 1 N–H and O–H groups in total. The van der Waals surface area contributed by atoms with Crippen LogP contribution in [0.2, 0.25) is 0 Å². The number of nitrogens with zero attached hydrogens (tertiary/aromatic N) is 3. The van der Waals surface area contributed by atoms with Crippen LogP contribution in [0.15, 0.2) is 91.3 Å². The van der Waals surface area contributed by atoms with Crippen LogP contribution in [-0.2, 0) is 4.74 Å². The number of pyridine rings is 1. The molecule has 1 saturated heterocycles. The average molecular weight is 499 g/mol. The zero-order valence-corrected chi connectivity index (χ0v) is 20.8. The molecule has 5 rings (SSSR count). The number of hydrogen-bond acceptors (Lipinski definition) is 5. The number of anilines is 1. The number of rotatable bonds is 7. The Hall–Kier alpha value is -4.17. The molecule has 2 aromatic heterocycles. The third-order valence-electron chi connectivity index (χ3n) is 6.15. The molecule has 7 nitrogen and oxygen atoms in total. The number of methoxy groups -OCH3 is 1. The van der Waals surface area contributed by atoms with Gasteiger partial charge in [-0.05, 0) is 85.9 Å². The van der Waals surface area contributed by atoms with Crippen molar-refractivity contribution in [2.45, 2.75) is 19.0 Å². The molecule has 0 aliphatic carbocycles. The standard InChI is InChI=1S/C28H26N4O3S/c1-3-35-22-14-12-20(13-15-22)32-26(25(30-28(32)36)23-10-4-5-16-29-23)24-11-7-17-31(24)21-9-6-8-19(18-21)27(33)34-2/h4-18,25-26H,3H2,1-2H3,(H,30,36)/t25-,26-/m0/s1. The molecule has 4 aromatic rings. The first-order chi connectivity index (χ1) is 17.6. The second-order valence-electron chi connectivity index (χ2n) is 8.27. The fourth-order valence-electron chi connectivity index (χ4n) is 4.57. The predicted molar refractivity (Wildman–Crippen MR) is 143 cm³/mol. The molecule has 2 atom stereocenters. The molecule has 0 saturated carbocycles. The van der Waals surface area contributed by atoms with Crippen molar-refractivity contribution in [2.75, 3.05) is 18.6 Å². The first kappa shape index (κ1) is 23.6. The van der Waals surface area contributed by atoms with Crippen molar-refractivity contribution in [3.63, 3.8) is 0 Å². The molecule has 0 amide bonds. The van der Waals surface area contributed by atoms with Crippen molar-refractivity contribution in [3.05, 3.63) is 108 Å². The van der Waals surface area contributed by atoms with Gasteiger partial charge in [0.05, 0.1) is 31.0 Å². The number of aromatic nitrogens is 2. The van der Waals surface area contributed by atoms with Crippen LogP contribution < -0.4 is 15.0 Å². The maximum absolute atomic E-state index is 12.2. The van der Waals surface area contributed by atoms with Gasteiger partial charge >= 0.3 is 5.97 Å². The van der Waals surface area contributed by atoms with E-state index in [9.17, 15) is 4.79 Å². The molecule has 1 aliphatic heterocycles. The number of carbonyl (C=O) groups is 1. The Morgan fingerprint density at radius 2 is 1.86 bits per heavy atom. The van der Waals surface area contributed by atoms with E-state index in [1.807, 2.05) is 79.9 Å². The van der Waals surface area contributed by atoms with Crippen LogP contribution in [0, 0.1) is 0 Å². The maximum atomic E-state index is 12.2. The van der Waals surface area contributed by atoms with E-state index in [-0.39, 0.29) is 18.1 Å². The van der Waals surface area contributed by atoms with E-state index in [0.29, 0.717) is 17.3 Å². The predicted octanol–water partition coefficient (Wildman–Crippen LogP) is 5.23. The van der Waals surface area contributed by atoms with Crippen LogP contribution in [0.25, 0.3) is 5.69 Å². The lowest BCUT2D eigenvalue weighted by Gasteiger charge is -2.29. The molecule has 0 bridgehead atoms. The van der Waals surface area contributed by atoms with Gasteiger partial charge in [-0.15, -0.1) is 0 Å². The Bertz CT molecular complexity index is 1370. The highest BCUT2D eigenvalue weighted by Gasteiger charge is 2.42. The van der Waals surface area contributed by atoms with Gasteiger partial charge in [0.15, 0.2) is 5.11 Å². The minimum absolute atomic E-state index is 0.192. The third-order valence-corrected chi connectivity index (χ3v) is 6.47. The number of esters is 1. The number of ether oxygens (including phenoxy) is 2. The maximum Gasteiger partial charge on any atom is 0.337 e. The minimum Gasteiger partial charge on any atom is -0.494 e. The van der Waals surface area contributed by atoms with Crippen LogP contribution in [0.3, 0.4) is 0 Å². The van der Waals surface area contributed by atoms with Gasteiger partial charge in [-0.3, -0.25) is 4.98 Å². The number of benzene rings is 2. The van der Waals surface area contributed by atoms with Gasteiger partial charge < -0.3 is 24.3 Å². The molecule has 36 heavy (non-hydrogen) atoms. The van der Waals surface area contributed by atoms with Gasteiger partial charge in [0.1, 0.15) is 11.8 Å². The summed E-state index contributed by atoms with van der Waals surface area (Å²) in [5.41, 5.74) is 4.15. The van der Waals surface area contributed by atoms with Crippen LogP contribution >= 0.6 is 12.2 Å². The molecule has 182 valence electrons. The quantitative estimate of drug-likeness (QED) is 0.276. The van der Waals surface area contributed by atoms with E-state index < -0.39 is 0 Å². The lowest BCUT2D eigenvalue weighted by atomic mass is 10.0. The van der Waals surface area contributed by atoms with E-state index >= 15 is 0 Å². The molecule has 1 aliphatic rings. The van der Waals surface area contributed by atoms with Crippen molar-refractivity contribution in [2.24, 2.45) is 0 Å². The van der Waals surface area contributed by atoms with Gasteiger partial charge in [0, 0.05) is 29.5 Å². The van der Waals surface area contributed by atoms with Crippen molar-refractivity contribution in [1.29, 1.82) is 0 Å². The first-order valence-electron chi connectivity index (χ1n) is 11.7. The molecular weight excluding hydrogens is 472 g/mol. The summed E-state index contributed by atoms with van der Waals surface area (Å²) in [7, 11) is 1.38. The summed E-state index contributed by atoms with van der Waals surface area (Å²) < 4.78 is 12.6. The monoisotopic (exact) mass is 498 g/mol. The fourth-order valence-corrected chi connectivity index (χ4v) is 4.92. The minimum atomic E-state index is -0.378. The number of nitrogens with one attached hydrogen (secondary N) is 1. The molecule has 1 fully saturated rings. The molecule has 0 radical (unpaired) electrons. The summed E-state index contributed by atoms with van der Waals surface area (Å²) in [6.45, 7) is 2.57. The Labute approximate surface area is 215 Å². The highest BCUT2D eigenvalue weighted by atomic mass is 32.1. The van der Waals surface area contributed by atoms with Crippen LogP contribution in [-0.4, -0.2) is 34.3 Å². The first-order valence-corrected chi connectivity index (χ1v) is 12.1. The molecular formula is C28H26N4O3S. The third kappa shape index (κ3) is 4.43. The second-order valence-corrected chi connectivity index (χ2v) is 8.66. The Morgan fingerprint density at radius 1 is 1.03 bits per heavy atom. The van der Waals surface area contributed by atoms with Gasteiger partial charge in [0.25, 0.3) is 0 Å². The summed E-state index contributed by atoms with van der Waals surface area (Å²) in [5, 5.41) is 4.10. The van der Waals surface area contributed by atoms with E-state index in [1.54, 1.807) is 12.3 Å². The zero-order chi connectivity index (χ0) is 25.1. The lowest BCUT2D eigenvalue weighted by Crippen LogP contribution is -2.30. The Morgan fingerprint density at radius 3 is 2.58 bits per heavy atom. The number of carbonyl (C=O) groups excluding carboxylic acids is 1. The summed E-state index contributed by atoms with van der Waals surface area (Å²) >= 11 is 5.85. The largest absolute Gasteiger partial charge is 0.494 e. The molecule has 0 spiro atoms. The zero-order valence-electron chi connectivity index (χ0n) is 20.0. The molecule has 0 unspecified atom stereocenters. The summed E-state index contributed by atoms with van der Waals surface area (Å²) in [4.78, 5) is 18.9. The van der Waals surface area contributed by atoms with Crippen molar-refractivity contribution in [3.8, 4) is 11.4 Å². The van der Waals surface area contributed by atoms with E-state index in [4.69, 9.17) is 21.7 Å². The molecule has 3 heterocycles. The smallest absolute Gasteiger partial charge is 0.337 e.